The Morgan fingerprint density at radius 2 is 2.08 bits per heavy atom. The molecule has 1 amide bonds. The van der Waals surface area contributed by atoms with Gasteiger partial charge in [0.25, 0.3) is 0 Å². The average Bonchev–Trinajstić information content (AvgIpc) is 2.85. The van der Waals surface area contributed by atoms with Crippen LogP contribution in [-0.4, -0.2) is 46.3 Å². The molecule has 0 aliphatic carbocycles. The van der Waals surface area contributed by atoms with Crippen LogP contribution in [-0.2, 0) is 11.2 Å². The van der Waals surface area contributed by atoms with Gasteiger partial charge in [-0.25, -0.2) is 4.68 Å². The number of nitrogens with zero attached hydrogens (tertiary/aromatic N) is 3. The SMILES string of the molecule is Cc1nn(-c2ccc(Cl)c(Cl)c2)c(C)c1CC(=O)N1CCNC(C)C1. The zero-order valence-corrected chi connectivity index (χ0v) is 16.2. The molecule has 2 heterocycles. The fourth-order valence-electron chi connectivity index (χ4n) is 3.22. The summed E-state index contributed by atoms with van der Waals surface area (Å²) in [5.41, 5.74) is 3.62. The third-order valence-corrected chi connectivity index (χ3v) is 5.38. The van der Waals surface area contributed by atoms with Gasteiger partial charge in [-0.2, -0.15) is 5.10 Å². The molecule has 0 saturated carbocycles. The maximum absolute atomic E-state index is 12.7. The number of amides is 1. The Bertz CT molecular complexity index is 803. The highest BCUT2D eigenvalue weighted by atomic mass is 35.5. The molecule has 0 spiro atoms. The van der Waals surface area contributed by atoms with Crippen molar-refractivity contribution < 1.29 is 4.79 Å². The molecular formula is C18H22Cl2N4O. The highest BCUT2D eigenvalue weighted by Gasteiger charge is 2.23. The van der Waals surface area contributed by atoms with Crippen LogP contribution >= 0.6 is 23.2 Å². The number of aryl methyl sites for hydroxylation is 1. The lowest BCUT2D eigenvalue weighted by atomic mass is 10.1. The van der Waals surface area contributed by atoms with Crippen LogP contribution < -0.4 is 5.32 Å². The van der Waals surface area contributed by atoms with Gasteiger partial charge in [-0.15, -0.1) is 0 Å². The van der Waals surface area contributed by atoms with E-state index in [1.165, 1.54) is 0 Å². The van der Waals surface area contributed by atoms with E-state index in [2.05, 4.69) is 17.3 Å². The second-order valence-electron chi connectivity index (χ2n) is 6.53. The second-order valence-corrected chi connectivity index (χ2v) is 7.35. The summed E-state index contributed by atoms with van der Waals surface area (Å²) in [5.74, 6) is 0.147. The molecule has 134 valence electrons. The van der Waals surface area contributed by atoms with Crippen molar-refractivity contribution >= 4 is 29.1 Å². The highest BCUT2D eigenvalue weighted by Crippen LogP contribution is 2.26. The molecule has 25 heavy (non-hydrogen) atoms. The van der Waals surface area contributed by atoms with Gasteiger partial charge in [0.2, 0.25) is 5.91 Å². The molecule has 1 aromatic heterocycles. The fourth-order valence-corrected chi connectivity index (χ4v) is 3.51. The number of aromatic nitrogens is 2. The lowest BCUT2D eigenvalue weighted by Crippen LogP contribution is -2.51. The van der Waals surface area contributed by atoms with Gasteiger partial charge in [-0.1, -0.05) is 23.2 Å². The van der Waals surface area contributed by atoms with Gasteiger partial charge in [0.1, 0.15) is 0 Å². The molecule has 0 bridgehead atoms. The van der Waals surface area contributed by atoms with E-state index in [1.54, 1.807) is 12.1 Å². The standard InChI is InChI=1S/C18H22Cl2N4O/c1-11-10-23(7-6-21-11)18(25)9-15-12(2)22-24(13(15)3)14-4-5-16(19)17(20)8-14/h4-5,8,11,21H,6-7,9-10H2,1-3H3. The van der Waals surface area contributed by atoms with Crippen LogP contribution in [0.25, 0.3) is 5.69 Å². The number of carbonyl (C=O) groups excluding carboxylic acids is 1. The molecular weight excluding hydrogens is 359 g/mol. The largest absolute Gasteiger partial charge is 0.340 e. The molecule has 1 N–H and O–H groups in total. The van der Waals surface area contributed by atoms with E-state index < -0.39 is 0 Å². The lowest BCUT2D eigenvalue weighted by molar-refractivity contribution is -0.131. The number of piperazine rings is 1. The molecule has 1 aliphatic heterocycles. The molecule has 3 rings (SSSR count). The minimum atomic E-state index is 0.147. The summed E-state index contributed by atoms with van der Waals surface area (Å²) in [6.45, 7) is 8.35. The van der Waals surface area contributed by atoms with Crippen LogP contribution in [0.4, 0.5) is 0 Å². The van der Waals surface area contributed by atoms with Crippen LogP contribution in [0.5, 0.6) is 0 Å². The first-order valence-electron chi connectivity index (χ1n) is 8.38. The Hall–Kier alpha value is -1.56. The third kappa shape index (κ3) is 3.84. The van der Waals surface area contributed by atoms with Crippen molar-refractivity contribution in [3.8, 4) is 5.69 Å². The topological polar surface area (TPSA) is 50.2 Å². The van der Waals surface area contributed by atoms with Crippen molar-refractivity contribution in [3.05, 3.63) is 45.2 Å². The Kier molecular flexibility index (Phi) is 5.37. The maximum Gasteiger partial charge on any atom is 0.227 e. The maximum atomic E-state index is 12.7. The van der Waals surface area contributed by atoms with Crippen LogP contribution in [0.3, 0.4) is 0 Å². The van der Waals surface area contributed by atoms with Gasteiger partial charge in [0.05, 0.1) is 27.8 Å². The minimum absolute atomic E-state index is 0.147. The number of nitrogens with one attached hydrogen (secondary N) is 1. The zero-order valence-electron chi connectivity index (χ0n) is 14.6. The highest BCUT2D eigenvalue weighted by molar-refractivity contribution is 6.42. The normalized spacial score (nSPS) is 17.8. The first-order chi connectivity index (χ1) is 11.9. The van der Waals surface area contributed by atoms with E-state index in [1.807, 2.05) is 29.5 Å². The molecule has 1 fully saturated rings. The second kappa shape index (κ2) is 7.36. The average molecular weight is 381 g/mol. The first kappa shape index (κ1) is 18.2. The Morgan fingerprint density at radius 3 is 2.76 bits per heavy atom. The lowest BCUT2D eigenvalue weighted by Gasteiger charge is -2.32. The van der Waals surface area contributed by atoms with Crippen molar-refractivity contribution in [3.63, 3.8) is 0 Å². The molecule has 1 unspecified atom stereocenters. The smallest absolute Gasteiger partial charge is 0.227 e. The van der Waals surface area contributed by atoms with Gasteiger partial charge in [0, 0.05) is 36.9 Å². The van der Waals surface area contributed by atoms with Gasteiger partial charge in [0.15, 0.2) is 0 Å². The van der Waals surface area contributed by atoms with Gasteiger partial charge in [-0.05, 0) is 39.0 Å². The predicted molar refractivity (Wildman–Crippen MR) is 101 cm³/mol. The number of halogens is 2. The molecule has 0 radical (unpaired) electrons. The van der Waals surface area contributed by atoms with E-state index in [9.17, 15) is 4.79 Å². The van der Waals surface area contributed by atoms with Crippen molar-refractivity contribution in [2.45, 2.75) is 33.2 Å². The zero-order chi connectivity index (χ0) is 18.1. The summed E-state index contributed by atoms with van der Waals surface area (Å²) in [4.78, 5) is 14.6. The number of benzene rings is 1. The number of hydrogen-bond donors (Lipinski definition) is 1. The summed E-state index contributed by atoms with van der Waals surface area (Å²) in [6.07, 6.45) is 0.367. The van der Waals surface area contributed by atoms with E-state index in [0.29, 0.717) is 22.5 Å². The van der Waals surface area contributed by atoms with Crippen molar-refractivity contribution in [1.29, 1.82) is 0 Å². The summed E-state index contributed by atoms with van der Waals surface area (Å²) in [5, 5.41) is 8.95. The van der Waals surface area contributed by atoms with Crippen LogP contribution in [0, 0.1) is 13.8 Å². The number of carbonyl (C=O) groups is 1. The van der Waals surface area contributed by atoms with Crippen molar-refractivity contribution in [2.24, 2.45) is 0 Å². The van der Waals surface area contributed by atoms with Crippen LogP contribution in [0.2, 0.25) is 10.0 Å². The van der Waals surface area contributed by atoms with Gasteiger partial charge < -0.3 is 10.2 Å². The summed E-state index contributed by atoms with van der Waals surface area (Å²) < 4.78 is 1.82. The third-order valence-electron chi connectivity index (χ3n) is 4.64. The Morgan fingerprint density at radius 1 is 1.32 bits per heavy atom. The van der Waals surface area contributed by atoms with Gasteiger partial charge in [-0.3, -0.25) is 4.79 Å². The van der Waals surface area contributed by atoms with E-state index in [4.69, 9.17) is 23.2 Å². The number of rotatable bonds is 3. The van der Waals surface area contributed by atoms with Crippen LogP contribution in [0.15, 0.2) is 18.2 Å². The molecule has 1 aromatic carbocycles. The molecule has 7 heteroatoms. The summed E-state index contributed by atoms with van der Waals surface area (Å²) in [6, 6.07) is 5.74. The first-order valence-corrected chi connectivity index (χ1v) is 9.14. The van der Waals surface area contributed by atoms with Gasteiger partial charge >= 0.3 is 0 Å². The van der Waals surface area contributed by atoms with E-state index >= 15 is 0 Å². The van der Waals surface area contributed by atoms with Crippen molar-refractivity contribution in [2.75, 3.05) is 19.6 Å². The summed E-state index contributed by atoms with van der Waals surface area (Å²) in [7, 11) is 0. The molecule has 5 nitrogen and oxygen atoms in total. The summed E-state index contributed by atoms with van der Waals surface area (Å²) >= 11 is 12.1. The molecule has 1 saturated heterocycles. The minimum Gasteiger partial charge on any atom is -0.340 e. The fraction of sp³-hybridized carbons (Fsp3) is 0.444. The Labute approximate surface area is 157 Å². The van der Waals surface area contributed by atoms with Crippen LogP contribution in [0.1, 0.15) is 23.9 Å². The Balaban J connectivity index is 1.84. The molecule has 1 atom stereocenters. The monoisotopic (exact) mass is 380 g/mol. The number of hydrogen-bond acceptors (Lipinski definition) is 3. The molecule has 2 aromatic rings. The molecule has 1 aliphatic rings. The predicted octanol–water partition coefficient (Wildman–Crippen LogP) is 3.16. The van der Waals surface area contributed by atoms with E-state index in [0.717, 1.165) is 42.3 Å². The van der Waals surface area contributed by atoms with E-state index in [-0.39, 0.29) is 5.91 Å². The quantitative estimate of drug-likeness (QED) is 0.889. The van der Waals surface area contributed by atoms with Crippen molar-refractivity contribution in [1.82, 2.24) is 20.0 Å².